The molecule has 1 heterocycles. The Bertz CT molecular complexity index is 394. The summed E-state index contributed by atoms with van der Waals surface area (Å²) in [5.74, 6) is 3.69. The molecule has 0 aliphatic carbocycles. The van der Waals surface area contributed by atoms with Crippen molar-refractivity contribution in [3.05, 3.63) is 29.8 Å². The zero-order chi connectivity index (χ0) is 11.9. The van der Waals surface area contributed by atoms with Gasteiger partial charge in [0.05, 0.1) is 13.7 Å². The molecule has 3 nitrogen and oxygen atoms in total. The molecule has 1 aliphatic rings. The molecule has 1 unspecified atom stereocenters. The van der Waals surface area contributed by atoms with E-state index in [0.717, 1.165) is 30.8 Å². The predicted octanol–water partition coefficient (Wildman–Crippen LogP) is 2.55. The van der Waals surface area contributed by atoms with Crippen LogP contribution in [0.25, 0.3) is 0 Å². The molecule has 1 aliphatic heterocycles. The summed E-state index contributed by atoms with van der Waals surface area (Å²) in [5.41, 5.74) is 0.906. The summed E-state index contributed by atoms with van der Waals surface area (Å²) in [5, 5.41) is 0. The minimum absolute atomic E-state index is 0.0975. The molecule has 0 aromatic heterocycles. The Kier molecular flexibility index (Phi) is 4.29. The van der Waals surface area contributed by atoms with Gasteiger partial charge in [0.2, 0.25) is 0 Å². The van der Waals surface area contributed by atoms with Gasteiger partial charge in [-0.2, -0.15) is 0 Å². The minimum atomic E-state index is -0.0975. The molecule has 1 aromatic carbocycles. The van der Waals surface area contributed by atoms with Crippen molar-refractivity contribution >= 4 is 0 Å². The van der Waals surface area contributed by atoms with Crippen LogP contribution in [0.15, 0.2) is 24.3 Å². The van der Waals surface area contributed by atoms with Gasteiger partial charge in [-0.15, -0.1) is 0 Å². The van der Waals surface area contributed by atoms with Crippen LogP contribution >= 0.6 is 0 Å². The third-order valence-corrected chi connectivity index (χ3v) is 2.56. The molecule has 0 spiro atoms. The van der Waals surface area contributed by atoms with Crippen LogP contribution < -0.4 is 4.74 Å². The molecule has 1 saturated heterocycles. The first kappa shape index (κ1) is 11.8. The van der Waals surface area contributed by atoms with Gasteiger partial charge < -0.3 is 14.2 Å². The van der Waals surface area contributed by atoms with Crippen LogP contribution in [-0.4, -0.2) is 20.0 Å². The van der Waals surface area contributed by atoms with Crippen molar-refractivity contribution in [1.82, 2.24) is 0 Å². The molecular formula is C14H16O3. The SMILES string of the molecule is COC#Cc1ccc(OC2CCCCO2)cc1. The van der Waals surface area contributed by atoms with Crippen LogP contribution in [-0.2, 0) is 9.47 Å². The molecule has 3 heteroatoms. The van der Waals surface area contributed by atoms with E-state index in [2.05, 4.69) is 16.8 Å². The van der Waals surface area contributed by atoms with Gasteiger partial charge in [-0.25, -0.2) is 0 Å². The van der Waals surface area contributed by atoms with Gasteiger partial charge in [-0.05, 0) is 43.0 Å². The first-order valence-electron chi connectivity index (χ1n) is 5.81. The fraction of sp³-hybridized carbons (Fsp3) is 0.429. The Morgan fingerprint density at radius 2 is 2.06 bits per heavy atom. The summed E-state index contributed by atoms with van der Waals surface area (Å²) in [7, 11) is 1.55. The smallest absolute Gasteiger partial charge is 0.199 e. The van der Waals surface area contributed by atoms with Crippen LogP contribution in [0, 0.1) is 12.0 Å². The second-order valence-electron chi connectivity index (χ2n) is 3.87. The second-order valence-corrected chi connectivity index (χ2v) is 3.87. The first-order valence-corrected chi connectivity index (χ1v) is 5.81. The van der Waals surface area contributed by atoms with Gasteiger partial charge in [-0.3, -0.25) is 0 Å². The molecule has 90 valence electrons. The van der Waals surface area contributed by atoms with Crippen molar-refractivity contribution in [3.63, 3.8) is 0 Å². The molecule has 1 fully saturated rings. The highest BCUT2D eigenvalue weighted by atomic mass is 16.7. The highest BCUT2D eigenvalue weighted by molar-refractivity contribution is 5.37. The monoisotopic (exact) mass is 232 g/mol. The van der Waals surface area contributed by atoms with Gasteiger partial charge in [0.1, 0.15) is 11.9 Å². The van der Waals surface area contributed by atoms with E-state index in [-0.39, 0.29) is 6.29 Å². The number of benzene rings is 1. The Morgan fingerprint density at radius 3 is 2.71 bits per heavy atom. The van der Waals surface area contributed by atoms with Crippen LogP contribution in [0.3, 0.4) is 0 Å². The molecule has 1 atom stereocenters. The minimum Gasteiger partial charge on any atom is -0.465 e. The fourth-order valence-electron chi connectivity index (χ4n) is 1.68. The highest BCUT2D eigenvalue weighted by Crippen LogP contribution is 2.19. The average Bonchev–Trinajstić information content (AvgIpc) is 2.39. The molecule has 0 radical (unpaired) electrons. The van der Waals surface area contributed by atoms with Crippen molar-refractivity contribution in [1.29, 1.82) is 0 Å². The largest absolute Gasteiger partial charge is 0.465 e. The Hall–Kier alpha value is -1.66. The molecular weight excluding hydrogens is 216 g/mol. The van der Waals surface area contributed by atoms with Crippen molar-refractivity contribution in [2.24, 2.45) is 0 Å². The lowest BCUT2D eigenvalue weighted by Gasteiger charge is -2.23. The molecule has 0 amide bonds. The average molecular weight is 232 g/mol. The molecule has 0 saturated carbocycles. The van der Waals surface area contributed by atoms with E-state index in [1.54, 1.807) is 7.11 Å². The third-order valence-electron chi connectivity index (χ3n) is 2.56. The summed E-state index contributed by atoms with van der Waals surface area (Å²) in [6.45, 7) is 0.794. The zero-order valence-electron chi connectivity index (χ0n) is 9.94. The maximum absolute atomic E-state index is 5.71. The van der Waals surface area contributed by atoms with Crippen LogP contribution in [0.2, 0.25) is 0 Å². The normalized spacial score (nSPS) is 19.0. The summed E-state index contributed by atoms with van der Waals surface area (Å²) < 4.78 is 15.9. The maximum atomic E-state index is 5.71. The van der Waals surface area contributed by atoms with E-state index >= 15 is 0 Å². The van der Waals surface area contributed by atoms with E-state index in [9.17, 15) is 0 Å². The lowest BCUT2D eigenvalue weighted by molar-refractivity contribution is -0.105. The van der Waals surface area contributed by atoms with Crippen molar-refractivity contribution in [2.75, 3.05) is 13.7 Å². The van der Waals surface area contributed by atoms with E-state index in [1.807, 2.05) is 24.3 Å². The number of methoxy groups -OCH3 is 1. The highest BCUT2D eigenvalue weighted by Gasteiger charge is 2.14. The topological polar surface area (TPSA) is 27.7 Å². The van der Waals surface area contributed by atoms with Crippen molar-refractivity contribution in [2.45, 2.75) is 25.6 Å². The van der Waals surface area contributed by atoms with Crippen LogP contribution in [0.5, 0.6) is 5.75 Å². The summed E-state index contributed by atoms with van der Waals surface area (Å²) in [6.07, 6.45) is 5.71. The second kappa shape index (κ2) is 6.17. The Morgan fingerprint density at radius 1 is 1.24 bits per heavy atom. The molecule has 0 N–H and O–H groups in total. The third kappa shape index (κ3) is 3.69. The number of ether oxygens (including phenoxy) is 3. The Labute approximate surface area is 102 Å². The molecule has 2 rings (SSSR count). The van der Waals surface area contributed by atoms with Gasteiger partial charge in [0.25, 0.3) is 0 Å². The predicted molar refractivity (Wildman–Crippen MR) is 64.5 cm³/mol. The quantitative estimate of drug-likeness (QED) is 0.733. The molecule has 1 aromatic rings. The van der Waals surface area contributed by atoms with Gasteiger partial charge in [-0.1, -0.05) is 0 Å². The van der Waals surface area contributed by atoms with Crippen molar-refractivity contribution in [3.8, 4) is 17.8 Å². The van der Waals surface area contributed by atoms with E-state index < -0.39 is 0 Å². The summed E-state index contributed by atoms with van der Waals surface area (Å²) in [4.78, 5) is 0. The van der Waals surface area contributed by atoms with Crippen LogP contribution in [0.1, 0.15) is 24.8 Å². The summed E-state index contributed by atoms with van der Waals surface area (Å²) >= 11 is 0. The Balaban J connectivity index is 1.93. The number of hydrogen-bond acceptors (Lipinski definition) is 3. The maximum Gasteiger partial charge on any atom is 0.199 e. The van der Waals surface area contributed by atoms with Gasteiger partial charge >= 0.3 is 0 Å². The van der Waals surface area contributed by atoms with Crippen LogP contribution in [0.4, 0.5) is 0 Å². The summed E-state index contributed by atoms with van der Waals surface area (Å²) in [6, 6.07) is 7.61. The van der Waals surface area contributed by atoms with Gasteiger partial charge in [0.15, 0.2) is 6.29 Å². The zero-order valence-corrected chi connectivity index (χ0v) is 9.94. The lowest BCUT2D eigenvalue weighted by atomic mass is 10.2. The molecule has 17 heavy (non-hydrogen) atoms. The van der Waals surface area contributed by atoms with E-state index in [1.165, 1.54) is 6.42 Å². The van der Waals surface area contributed by atoms with Gasteiger partial charge in [0, 0.05) is 12.0 Å². The first-order chi connectivity index (χ1) is 8.38. The van der Waals surface area contributed by atoms with E-state index in [4.69, 9.17) is 9.47 Å². The number of rotatable bonds is 2. The van der Waals surface area contributed by atoms with E-state index in [0.29, 0.717) is 0 Å². The number of hydrogen-bond donors (Lipinski definition) is 0. The lowest BCUT2D eigenvalue weighted by Crippen LogP contribution is -2.24. The molecule has 0 bridgehead atoms. The standard InChI is InChI=1S/C14H16O3/c1-15-11-9-12-5-7-13(8-6-12)17-14-4-2-3-10-16-14/h5-8,14H,2-4,10H2,1H3. The van der Waals surface area contributed by atoms with Crippen molar-refractivity contribution < 1.29 is 14.2 Å². The fourth-order valence-corrected chi connectivity index (χ4v) is 1.68.